The number of hydrogen-bond acceptors (Lipinski definition) is 3. The summed E-state index contributed by atoms with van der Waals surface area (Å²) >= 11 is 0. The second kappa shape index (κ2) is 23.1. The number of pyridine rings is 1. The minimum Gasteiger partial charge on any atom is -0.510 e. The molecular weight excluding hydrogens is 1390 g/mol. The van der Waals surface area contributed by atoms with Crippen LogP contribution in [0.2, 0.25) is 0 Å². The Morgan fingerprint density at radius 1 is 0.510 bits per heavy atom. The van der Waals surface area contributed by atoms with Crippen LogP contribution in [0.4, 0.5) is 0 Å². The third kappa shape index (κ3) is 9.67. The van der Waals surface area contributed by atoms with Crippen molar-refractivity contribution in [2.75, 3.05) is 0 Å². The fraction of sp³-hybridized carbons (Fsp3) is 0.133. The molecule has 0 N–H and O–H groups in total. The first-order chi connectivity index (χ1) is 53.0. The largest absolute Gasteiger partial charge is 0.510 e. The fourth-order valence-electron chi connectivity index (χ4n) is 15.3. The van der Waals surface area contributed by atoms with Crippen molar-refractivity contribution >= 4 is 83.6 Å². The average molecular weight is 1480 g/mol. The van der Waals surface area contributed by atoms with Crippen molar-refractivity contribution in [2.24, 2.45) is 0 Å². The van der Waals surface area contributed by atoms with Crippen LogP contribution in [0, 0.1) is 18.5 Å². The van der Waals surface area contributed by atoms with E-state index in [9.17, 15) is 15.1 Å². The third-order valence-corrected chi connectivity index (χ3v) is 24.5. The number of aromatic nitrogens is 4. The molecule has 478 valence electrons. The zero-order chi connectivity index (χ0) is 77.7. The van der Waals surface area contributed by atoms with Gasteiger partial charge in [0.25, 0.3) is 6.33 Å². The van der Waals surface area contributed by atoms with E-state index in [1.54, 1.807) is 22.8 Å². The molecule has 5 heterocycles. The van der Waals surface area contributed by atoms with Gasteiger partial charge in [0.05, 0.1) is 35.9 Å². The summed E-state index contributed by atoms with van der Waals surface area (Å²) in [4.78, 5) is 4.92. The Balaban J connectivity index is 0.00000910. The van der Waals surface area contributed by atoms with Crippen molar-refractivity contribution in [3.63, 3.8) is 0 Å². The molecule has 0 atom stereocenters. The molecule has 0 unspecified atom stereocenters. The quantitative estimate of drug-likeness (QED) is 0.0626. The van der Waals surface area contributed by atoms with E-state index in [1.807, 2.05) is 108 Å². The molecule has 18 rings (SSSR count). The van der Waals surface area contributed by atoms with Gasteiger partial charge in [0.15, 0.2) is 8.07 Å². The first-order valence-electron chi connectivity index (χ1n) is 39.7. The van der Waals surface area contributed by atoms with Gasteiger partial charge >= 0.3 is 0 Å². The van der Waals surface area contributed by atoms with E-state index in [1.165, 1.54) is 5.56 Å². The monoisotopic (exact) mass is 1480 g/mol. The van der Waals surface area contributed by atoms with Crippen molar-refractivity contribution in [3.8, 4) is 73.2 Å². The van der Waals surface area contributed by atoms with Crippen molar-refractivity contribution in [3.05, 3.63) is 308 Å². The minimum absolute atomic E-state index is 0. The predicted octanol–water partition coefficient (Wildman–Crippen LogP) is 19.5. The summed E-state index contributed by atoms with van der Waals surface area (Å²) in [5, 5.41) is 2.36. The zero-order valence-corrected chi connectivity index (χ0v) is 58.0. The van der Waals surface area contributed by atoms with Crippen molar-refractivity contribution < 1.29 is 54.0 Å². The molecule has 0 saturated carbocycles. The second-order valence-electron chi connectivity index (χ2n) is 27.8. The van der Waals surface area contributed by atoms with Crippen LogP contribution in [0.3, 0.4) is 0 Å². The first-order valence-corrected chi connectivity index (χ1v) is 34.7. The average Bonchev–Trinajstić information content (AvgIpc) is 1.09. The minimum atomic E-state index is -5.64. The standard InChI is InChI=1S/C90H70N4O2Si.Pt/c1-88(2,3)59-45-48-91-85(50-59)94-80-39-21-19-35-70(80)71-43-42-62(52-81(71)94)95-61-26-23-25-60(51-61)92-57-93-86-67(58-41-44-84-76(49-58)72-36-20-22-40-83(72)96-84)37-24-38-73(86)75-56-79-78(89(4,5)46-47-90(79,6)7)55-74(75)68-33-17-18-34-69(68)77-53-66(54-82(92)87(77)93)97(63-27-11-8-12-28-63,64-29-13-9-14-30-64)65-31-15-10-16-32-65;/h8-45,48-50,53-56H,46-47H2,1-7H3;/q-2;/i8D,9D,10D,11D,12D,13D,14D,15D,16D,27D,28D,29D,30D,31D;. The Morgan fingerprint density at radius 3 is 1.88 bits per heavy atom. The number of furan rings is 1. The normalized spacial score (nSPS) is 15.9. The molecule has 0 amide bonds. The maximum atomic E-state index is 10.2. The van der Waals surface area contributed by atoms with E-state index >= 15 is 0 Å². The van der Waals surface area contributed by atoms with Gasteiger partial charge in [0.1, 0.15) is 17.0 Å². The van der Waals surface area contributed by atoms with Gasteiger partial charge in [-0.1, -0.05) is 248 Å². The Morgan fingerprint density at radius 2 is 1.13 bits per heavy atom. The topological polar surface area (TPSA) is 49.0 Å². The smallest absolute Gasteiger partial charge is 0.268 e. The maximum absolute atomic E-state index is 10.2. The number of fused-ring (bicyclic) bond motifs is 14. The summed E-state index contributed by atoms with van der Waals surface area (Å²) in [6, 6.07) is 55.5. The van der Waals surface area contributed by atoms with Gasteiger partial charge in [-0.2, -0.15) is 18.2 Å². The number of ether oxygens (including phenoxy) is 1. The first kappa shape index (κ1) is 47.5. The Kier molecular flexibility index (Phi) is 11.2. The van der Waals surface area contributed by atoms with Gasteiger partial charge in [0.2, 0.25) is 0 Å². The molecular formula is C90H70N4O2PtSi-2. The molecule has 98 heavy (non-hydrogen) atoms. The van der Waals surface area contributed by atoms with Crippen LogP contribution >= 0.6 is 0 Å². The molecule has 16 aromatic rings. The summed E-state index contributed by atoms with van der Waals surface area (Å²) in [7, 11) is -5.64. The van der Waals surface area contributed by atoms with Gasteiger partial charge in [-0.25, -0.2) is 4.98 Å². The Labute approximate surface area is 607 Å². The van der Waals surface area contributed by atoms with Crippen LogP contribution in [0.25, 0.3) is 116 Å². The zero-order valence-electron chi connectivity index (χ0n) is 68.7. The molecule has 1 aliphatic carbocycles. The van der Waals surface area contributed by atoms with E-state index in [4.69, 9.17) is 18.3 Å². The van der Waals surface area contributed by atoms with Crippen LogP contribution < -0.4 is 30.1 Å². The molecule has 6 nitrogen and oxygen atoms in total. The van der Waals surface area contributed by atoms with E-state index in [2.05, 4.69) is 132 Å². The molecule has 0 fully saturated rings. The number of nitrogens with zero attached hydrogens (tertiary/aromatic N) is 4. The van der Waals surface area contributed by atoms with Crippen LogP contribution in [-0.2, 0) is 37.3 Å². The van der Waals surface area contributed by atoms with Gasteiger partial charge < -0.3 is 18.3 Å². The van der Waals surface area contributed by atoms with Crippen LogP contribution in [0.5, 0.6) is 11.5 Å². The molecule has 4 aromatic heterocycles. The molecule has 12 aromatic carbocycles. The van der Waals surface area contributed by atoms with E-state index in [0.717, 1.165) is 96.1 Å². The molecule has 0 spiro atoms. The van der Waals surface area contributed by atoms with E-state index in [-0.39, 0.29) is 53.4 Å². The van der Waals surface area contributed by atoms with E-state index in [0.29, 0.717) is 56.2 Å². The van der Waals surface area contributed by atoms with Crippen LogP contribution in [-0.4, -0.2) is 22.2 Å². The van der Waals surface area contributed by atoms with Crippen molar-refractivity contribution in [1.29, 1.82) is 0 Å². The fourth-order valence-corrected chi connectivity index (χ4v) is 19.2. The van der Waals surface area contributed by atoms with Gasteiger partial charge in [-0.3, -0.25) is 4.57 Å². The molecule has 0 bridgehead atoms. The number of rotatable bonds is 9. The van der Waals surface area contributed by atoms with Gasteiger partial charge in [-0.05, 0) is 165 Å². The number of hydrogen-bond donors (Lipinski definition) is 0. The van der Waals surface area contributed by atoms with Crippen LogP contribution in [0.1, 0.15) is 97.2 Å². The van der Waals surface area contributed by atoms with Crippen molar-refractivity contribution in [2.45, 2.75) is 77.6 Å². The SMILES string of the molecule is [2H]c1cc([Si](c2cc3c4c(c2)n(-c2[c-]c(Oc5[c-]c6c(cc5)c5ccccc5n6-c5cc(C(C)(C)C)ccn5)ccc2)[c-][n+]4-c2c(-c4ccc5oc6ccccc6c5c4)cccc2-c2cc4c(cc2-c2ccccc2-3)C(C)(C)CCC4(C)C)(c2c([2H])c([2H])c([2H])c([2H])c2[2H])c2c([2H])c([2H])c([2H])c([2H])c2[2H])c([2H])c([2H])c1[2H].[Pt]. The molecule has 0 saturated heterocycles. The third-order valence-electron chi connectivity index (χ3n) is 20.2. The Hall–Kier alpha value is -10.4. The summed E-state index contributed by atoms with van der Waals surface area (Å²) in [5.41, 5.74) is 13.5. The number of para-hydroxylation sites is 3. The summed E-state index contributed by atoms with van der Waals surface area (Å²) in [6.45, 7) is 15.6. The number of imidazole rings is 1. The summed E-state index contributed by atoms with van der Waals surface area (Å²) in [6.07, 6.45) is 7.55. The molecule has 0 radical (unpaired) electrons. The Bertz CT molecular complexity index is 6650. The molecule has 8 heteroatoms. The summed E-state index contributed by atoms with van der Waals surface area (Å²) < 4.78 is 155. The molecule has 1 aliphatic heterocycles. The number of benzene rings is 12. The molecule has 2 aliphatic rings. The van der Waals surface area contributed by atoms with Crippen molar-refractivity contribution in [1.82, 2.24) is 14.1 Å². The van der Waals surface area contributed by atoms with Gasteiger partial charge in [0, 0.05) is 55.1 Å². The summed E-state index contributed by atoms with van der Waals surface area (Å²) in [5.74, 6) is 1.30. The predicted molar refractivity (Wildman–Crippen MR) is 400 cm³/mol. The second-order valence-corrected chi connectivity index (χ2v) is 31.5. The van der Waals surface area contributed by atoms with E-state index < -0.39 is 103 Å². The van der Waals surface area contributed by atoms with Crippen LogP contribution in [0.15, 0.2) is 277 Å². The maximum Gasteiger partial charge on any atom is 0.268 e. The van der Waals surface area contributed by atoms with Gasteiger partial charge in [-0.15, -0.1) is 29.7 Å².